The van der Waals surface area contributed by atoms with Crippen LogP contribution in [-0.4, -0.2) is 28.9 Å². The molecule has 0 fully saturated rings. The average Bonchev–Trinajstić information content (AvgIpc) is 2.42. The fraction of sp³-hybridized carbons (Fsp3) is 0.500. The number of hydrogen-bond acceptors (Lipinski definition) is 5. The quantitative estimate of drug-likeness (QED) is 0.469. The number of nitrogen functional groups attached to an aromatic ring is 1. The molecule has 0 saturated heterocycles. The molecule has 1 rings (SSSR count). The smallest absolute Gasteiger partial charge is 0.251 e. The summed E-state index contributed by atoms with van der Waals surface area (Å²) in [5.74, 6) is 5.16. The number of carbonyl (C=O) groups excluding carboxylic acids is 2. The van der Waals surface area contributed by atoms with E-state index in [1.54, 1.807) is 6.07 Å². The number of rotatable bonds is 5. The first-order chi connectivity index (χ1) is 9.75. The van der Waals surface area contributed by atoms with E-state index in [1.807, 2.05) is 27.7 Å². The van der Waals surface area contributed by atoms with E-state index in [9.17, 15) is 9.59 Å². The lowest BCUT2D eigenvalue weighted by molar-refractivity contribution is -0.121. The SMILES string of the molecule is CCc1cc(C(=O)NCC(=O)NC(C)(C)C)cc(NN)n1. The third-order valence-corrected chi connectivity index (χ3v) is 2.57. The Labute approximate surface area is 124 Å². The predicted molar refractivity (Wildman–Crippen MR) is 81.7 cm³/mol. The largest absolute Gasteiger partial charge is 0.350 e. The van der Waals surface area contributed by atoms with E-state index < -0.39 is 0 Å². The number of carbonyl (C=O) groups is 2. The van der Waals surface area contributed by atoms with Gasteiger partial charge in [-0.15, -0.1) is 0 Å². The number of aromatic nitrogens is 1. The fourth-order valence-corrected chi connectivity index (χ4v) is 1.70. The predicted octanol–water partition coefficient (Wildman–Crippen LogP) is 0.574. The maximum atomic E-state index is 12.1. The number of hydrogen-bond donors (Lipinski definition) is 4. The zero-order chi connectivity index (χ0) is 16.0. The van der Waals surface area contributed by atoms with Crippen LogP contribution in [0.25, 0.3) is 0 Å². The maximum absolute atomic E-state index is 12.1. The Morgan fingerprint density at radius 3 is 2.48 bits per heavy atom. The highest BCUT2D eigenvalue weighted by molar-refractivity contribution is 5.97. The normalized spacial score (nSPS) is 10.9. The van der Waals surface area contributed by atoms with Crippen LogP contribution >= 0.6 is 0 Å². The van der Waals surface area contributed by atoms with Crippen molar-refractivity contribution in [1.82, 2.24) is 15.6 Å². The summed E-state index contributed by atoms with van der Waals surface area (Å²) in [5.41, 5.74) is 3.25. The van der Waals surface area contributed by atoms with E-state index >= 15 is 0 Å². The van der Waals surface area contributed by atoms with E-state index in [4.69, 9.17) is 5.84 Å². The van der Waals surface area contributed by atoms with Crippen LogP contribution in [0.3, 0.4) is 0 Å². The molecule has 0 aliphatic carbocycles. The minimum atomic E-state index is -0.340. The number of hydrazine groups is 1. The maximum Gasteiger partial charge on any atom is 0.251 e. The monoisotopic (exact) mass is 293 g/mol. The Kier molecular flexibility index (Phi) is 5.66. The highest BCUT2D eigenvalue weighted by Crippen LogP contribution is 2.10. The lowest BCUT2D eigenvalue weighted by atomic mass is 10.1. The highest BCUT2D eigenvalue weighted by atomic mass is 16.2. The van der Waals surface area contributed by atoms with Gasteiger partial charge in [-0.05, 0) is 39.3 Å². The highest BCUT2D eigenvalue weighted by Gasteiger charge is 2.15. The molecular formula is C14H23N5O2. The van der Waals surface area contributed by atoms with E-state index in [1.165, 1.54) is 6.07 Å². The Balaban J connectivity index is 2.69. The van der Waals surface area contributed by atoms with Crippen molar-refractivity contribution in [3.05, 3.63) is 23.4 Å². The first-order valence-electron chi connectivity index (χ1n) is 6.82. The second-order valence-electron chi connectivity index (χ2n) is 5.71. The molecule has 5 N–H and O–H groups in total. The first kappa shape index (κ1) is 16.9. The lowest BCUT2D eigenvalue weighted by Crippen LogP contribution is -2.45. The van der Waals surface area contributed by atoms with Crippen LogP contribution in [0.1, 0.15) is 43.7 Å². The molecule has 0 aliphatic heterocycles. The van der Waals surface area contributed by atoms with Gasteiger partial charge >= 0.3 is 0 Å². The molecule has 1 heterocycles. The summed E-state index contributed by atoms with van der Waals surface area (Å²) in [5, 5.41) is 5.35. The zero-order valence-corrected chi connectivity index (χ0v) is 12.9. The zero-order valence-electron chi connectivity index (χ0n) is 12.9. The van der Waals surface area contributed by atoms with E-state index in [0.717, 1.165) is 5.69 Å². The molecule has 2 amide bonds. The van der Waals surface area contributed by atoms with Crippen LogP contribution in [0.2, 0.25) is 0 Å². The fourth-order valence-electron chi connectivity index (χ4n) is 1.70. The summed E-state index contributed by atoms with van der Waals surface area (Å²) < 4.78 is 0. The van der Waals surface area contributed by atoms with Crippen molar-refractivity contribution in [2.75, 3.05) is 12.0 Å². The minimum absolute atomic E-state index is 0.0781. The number of nitrogens with two attached hydrogens (primary N) is 1. The van der Waals surface area contributed by atoms with Crippen molar-refractivity contribution in [3.8, 4) is 0 Å². The van der Waals surface area contributed by atoms with Gasteiger partial charge in [-0.1, -0.05) is 6.92 Å². The molecular weight excluding hydrogens is 270 g/mol. The molecule has 7 heteroatoms. The molecule has 7 nitrogen and oxygen atoms in total. The Morgan fingerprint density at radius 1 is 1.29 bits per heavy atom. The molecule has 116 valence electrons. The van der Waals surface area contributed by atoms with Gasteiger partial charge in [-0.2, -0.15) is 0 Å². The van der Waals surface area contributed by atoms with Gasteiger partial charge in [-0.25, -0.2) is 10.8 Å². The van der Waals surface area contributed by atoms with Crippen molar-refractivity contribution in [2.45, 2.75) is 39.7 Å². The topological polar surface area (TPSA) is 109 Å². The van der Waals surface area contributed by atoms with Gasteiger partial charge in [0.25, 0.3) is 5.91 Å². The standard InChI is InChI=1S/C14H23N5O2/c1-5-10-6-9(7-11(17-10)19-15)13(21)16-8-12(20)18-14(2,3)4/h6-7H,5,8,15H2,1-4H3,(H,16,21)(H,17,19)(H,18,20). The van der Waals surface area contributed by atoms with Crippen molar-refractivity contribution >= 4 is 17.6 Å². The van der Waals surface area contributed by atoms with Gasteiger partial charge in [-0.3, -0.25) is 9.59 Å². The molecule has 21 heavy (non-hydrogen) atoms. The van der Waals surface area contributed by atoms with Crippen LogP contribution in [0, 0.1) is 0 Å². The third kappa shape index (κ3) is 5.78. The number of pyridine rings is 1. The third-order valence-electron chi connectivity index (χ3n) is 2.57. The lowest BCUT2D eigenvalue weighted by Gasteiger charge is -2.20. The molecule has 0 saturated carbocycles. The van der Waals surface area contributed by atoms with Gasteiger partial charge in [0.1, 0.15) is 5.82 Å². The van der Waals surface area contributed by atoms with E-state index in [-0.39, 0.29) is 23.9 Å². The van der Waals surface area contributed by atoms with Crippen molar-refractivity contribution in [1.29, 1.82) is 0 Å². The molecule has 0 unspecified atom stereocenters. The molecule has 0 radical (unpaired) electrons. The number of nitrogens with one attached hydrogen (secondary N) is 3. The Bertz CT molecular complexity index is 500. The summed E-state index contributed by atoms with van der Waals surface area (Å²) in [7, 11) is 0. The van der Waals surface area contributed by atoms with Gasteiger partial charge in [0.15, 0.2) is 0 Å². The van der Waals surface area contributed by atoms with Gasteiger partial charge in [0, 0.05) is 16.8 Å². The molecule has 0 aliphatic rings. The molecule has 0 spiro atoms. The summed E-state index contributed by atoms with van der Waals surface area (Å²) >= 11 is 0. The number of nitrogens with zero attached hydrogens (tertiary/aromatic N) is 1. The Hall–Kier alpha value is -2.15. The number of amides is 2. The van der Waals surface area contributed by atoms with Crippen LogP contribution in [0.15, 0.2) is 12.1 Å². The van der Waals surface area contributed by atoms with Crippen molar-refractivity contribution < 1.29 is 9.59 Å². The minimum Gasteiger partial charge on any atom is -0.350 e. The second kappa shape index (κ2) is 7.03. The van der Waals surface area contributed by atoms with Gasteiger partial charge < -0.3 is 16.1 Å². The molecule has 1 aromatic rings. The van der Waals surface area contributed by atoms with E-state index in [0.29, 0.717) is 17.8 Å². The average molecular weight is 293 g/mol. The molecule has 1 aromatic heterocycles. The van der Waals surface area contributed by atoms with Crippen LogP contribution in [0.5, 0.6) is 0 Å². The van der Waals surface area contributed by atoms with Crippen LogP contribution < -0.4 is 21.9 Å². The summed E-state index contributed by atoms with van der Waals surface area (Å²) in [6, 6.07) is 3.22. The molecule has 0 atom stereocenters. The van der Waals surface area contributed by atoms with Crippen LogP contribution in [0.4, 0.5) is 5.82 Å². The molecule has 0 aromatic carbocycles. The summed E-state index contributed by atoms with van der Waals surface area (Å²) in [6.45, 7) is 7.49. The second-order valence-corrected chi connectivity index (χ2v) is 5.71. The first-order valence-corrected chi connectivity index (χ1v) is 6.82. The number of aryl methyl sites for hydroxylation is 1. The summed E-state index contributed by atoms with van der Waals surface area (Å²) in [4.78, 5) is 27.9. The number of anilines is 1. The van der Waals surface area contributed by atoms with Gasteiger partial charge in [0.05, 0.1) is 6.54 Å². The van der Waals surface area contributed by atoms with Crippen LogP contribution in [-0.2, 0) is 11.2 Å². The summed E-state index contributed by atoms with van der Waals surface area (Å²) in [6.07, 6.45) is 0.681. The van der Waals surface area contributed by atoms with Crippen molar-refractivity contribution in [2.24, 2.45) is 5.84 Å². The molecule has 0 bridgehead atoms. The van der Waals surface area contributed by atoms with E-state index in [2.05, 4.69) is 21.0 Å². The van der Waals surface area contributed by atoms with Crippen molar-refractivity contribution in [3.63, 3.8) is 0 Å². The Morgan fingerprint density at radius 2 is 1.95 bits per heavy atom. The van der Waals surface area contributed by atoms with Gasteiger partial charge in [0.2, 0.25) is 5.91 Å².